The Hall–Kier alpha value is -3.58. The van der Waals surface area contributed by atoms with E-state index in [1.807, 2.05) is 42.5 Å². The number of fused-ring (bicyclic) bond motifs is 2. The Morgan fingerprint density at radius 1 is 1.04 bits per heavy atom. The summed E-state index contributed by atoms with van der Waals surface area (Å²) in [6, 6.07) is 17.1. The molecule has 0 unspecified atom stereocenters. The molecule has 4 nitrogen and oxygen atoms in total. The van der Waals surface area contributed by atoms with Crippen molar-refractivity contribution >= 4 is 21.7 Å². The Balaban J connectivity index is 2.10. The Labute approximate surface area is 137 Å². The molecule has 0 aliphatic rings. The third-order valence-electron chi connectivity index (χ3n) is 3.93. The second kappa shape index (κ2) is 5.56. The molecule has 0 aliphatic heterocycles. The number of terminal acetylenes is 1. The Morgan fingerprint density at radius 2 is 1.79 bits per heavy atom. The van der Waals surface area contributed by atoms with E-state index >= 15 is 0 Å². The molecule has 0 radical (unpaired) electrons. The van der Waals surface area contributed by atoms with Crippen LogP contribution in [0.5, 0.6) is 0 Å². The fourth-order valence-electron chi connectivity index (χ4n) is 2.78. The standard InChI is InChI=1S/C20H12N2O2/c1-2-15-19(22-23)16-9-5-6-10-18(16)24-20(15)17-11-13-7-3-4-8-14(13)12-21-17/h1,3-12,23H. The minimum atomic E-state index is 0.310. The van der Waals surface area contributed by atoms with E-state index < -0.39 is 0 Å². The molecular formula is C20H12N2O2. The molecule has 4 heteroatoms. The van der Waals surface area contributed by atoms with Crippen molar-refractivity contribution in [2.45, 2.75) is 0 Å². The van der Waals surface area contributed by atoms with Crippen molar-refractivity contribution in [2.75, 3.05) is 0 Å². The normalized spacial score (nSPS) is 11.7. The van der Waals surface area contributed by atoms with Crippen LogP contribution in [0.4, 0.5) is 0 Å². The first kappa shape index (κ1) is 14.0. The molecule has 4 aromatic rings. The van der Waals surface area contributed by atoms with Crippen molar-refractivity contribution in [2.24, 2.45) is 5.16 Å². The summed E-state index contributed by atoms with van der Waals surface area (Å²) in [6.45, 7) is 0. The van der Waals surface area contributed by atoms with Gasteiger partial charge in [0.1, 0.15) is 16.6 Å². The molecule has 2 heterocycles. The van der Waals surface area contributed by atoms with Crippen molar-refractivity contribution in [3.63, 3.8) is 0 Å². The van der Waals surface area contributed by atoms with Gasteiger partial charge in [0, 0.05) is 17.0 Å². The van der Waals surface area contributed by atoms with Gasteiger partial charge in [-0.2, -0.15) is 0 Å². The largest absolute Gasteiger partial charge is 0.453 e. The summed E-state index contributed by atoms with van der Waals surface area (Å²) >= 11 is 0. The maximum absolute atomic E-state index is 9.46. The average molecular weight is 312 g/mol. The van der Waals surface area contributed by atoms with Crippen LogP contribution in [0, 0.1) is 12.3 Å². The fourth-order valence-corrected chi connectivity index (χ4v) is 2.78. The maximum atomic E-state index is 9.46. The lowest BCUT2D eigenvalue weighted by Gasteiger charge is -2.08. The Kier molecular flexibility index (Phi) is 3.25. The summed E-state index contributed by atoms with van der Waals surface area (Å²) in [5.41, 5.74) is 1.55. The van der Waals surface area contributed by atoms with Crippen LogP contribution in [0.25, 0.3) is 33.2 Å². The number of pyridine rings is 1. The predicted octanol–water partition coefficient (Wildman–Crippen LogP) is 3.92. The van der Waals surface area contributed by atoms with Gasteiger partial charge >= 0.3 is 0 Å². The van der Waals surface area contributed by atoms with Gasteiger partial charge in [0.15, 0.2) is 5.76 Å². The lowest BCUT2D eigenvalue weighted by molar-refractivity contribution is 0.302. The molecule has 0 spiro atoms. The fraction of sp³-hybridized carbons (Fsp3) is 0. The van der Waals surface area contributed by atoms with Gasteiger partial charge in [0.2, 0.25) is 0 Å². The van der Waals surface area contributed by atoms with E-state index in [2.05, 4.69) is 16.1 Å². The van der Waals surface area contributed by atoms with Gasteiger partial charge in [-0.3, -0.25) is 4.98 Å². The number of aromatic nitrogens is 1. The highest BCUT2D eigenvalue weighted by atomic mass is 16.4. The van der Waals surface area contributed by atoms with Crippen molar-refractivity contribution < 1.29 is 9.62 Å². The van der Waals surface area contributed by atoms with Gasteiger partial charge < -0.3 is 9.62 Å². The van der Waals surface area contributed by atoms with E-state index in [9.17, 15) is 5.21 Å². The first-order valence-electron chi connectivity index (χ1n) is 7.37. The number of rotatable bonds is 1. The molecule has 2 aromatic carbocycles. The van der Waals surface area contributed by atoms with Crippen LogP contribution < -0.4 is 5.36 Å². The quantitative estimate of drug-likeness (QED) is 0.329. The molecule has 4 rings (SSSR count). The van der Waals surface area contributed by atoms with E-state index in [-0.39, 0.29) is 0 Å². The number of benzene rings is 2. The lowest BCUT2D eigenvalue weighted by Crippen LogP contribution is -2.10. The summed E-state index contributed by atoms with van der Waals surface area (Å²) in [5.74, 6) is 2.98. The molecule has 0 saturated heterocycles. The van der Waals surface area contributed by atoms with E-state index in [0.717, 1.165) is 10.8 Å². The van der Waals surface area contributed by atoms with Crippen molar-refractivity contribution in [3.8, 4) is 23.8 Å². The van der Waals surface area contributed by atoms with E-state index in [0.29, 0.717) is 33.3 Å². The highest BCUT2D eigenvalue weighted by Crippen LogP contribution is 2.26. The second-order valence-electron chi connectivity index (χ2n) is 5.31. The predicted molar refractivity (Wildman–Crippen MR) is 92.2 cm³/mol. The third-order valence-corrected chi connectivity index (χ3v) is 3.93. The van der Waals surface area contributed by atoms with E-state index in [1.54, 1.807) is 18.3 Å². The van der Waals surface area contributed by atoms with Crippen LogP contribution in [-0.4, -0.2) is 10.2 Å². The first-order valence-corrected chi connectivity index (χ1v) is 7.37. The smallest absolute Gasteiger partial charge is 0.171 e. The summed E-state index contributed by atoms with van der Waals surface area (Å²) in [6.07, 6.45) is 7.43. The van der Waals surface area contributed by atoms with Crippen LogP contribution in [0.3, 0.4) is 0 Å². The van der Waals surface area contributed by atoms with E-state index in [1.165, 1.54) is 0 Å². The molecule has 1 N–H and O–H groups in total. The number of hydrogen-bond acceptors (Lipinski definition) is 4. The maximum Gasteiger partial charge on any atom is 0.171 e. The number of nitrogens with zero attached hydrogens (tertiary/aromatic N) is 2. The van der Waals surface area contributed by atoms with Crippen LogP contribution in [0.15, 0.2) is 70.4 Å². The Bertz CT molecular complexity index is 1180. The van der Waals surface area contributed by atoms with Gasteiger partial charge in [0.25, 0.3) is 0 Å². The summed E-state index contributed by atoms with van der Waals surface area (Å²) < 4.78 is 5.99. The molecule has 114 valence electrons. The minimum Gasteiger partial charge on any atom is -0.453 e. The second-order valence-corrected chi connectivity index (χ2v) is 5.31. The zero-order chi connectivity index (χ0) is 16.5. The number of para-hydroxylation sites is 1. The van der Waals surface area contributed by atoms with Crippen LogP contribution in [-0.2, 0) is 0 Å². The van der Waals surface area contributed by atoms with Crippen LogP contribution >= 0.6 is 0 Å². The Morgan fingerprint density at radius 3 is 2.58 bits per heavy atom. The molecule has 2 aromatic heterocycles. The van der Waals surface area contributed by atoms with Crippen molar-refractivity contribution in [3.05, 3.63) is 71.7 Å². The van der Waals surface area contributed by atoms with E-state index in [4.69, 9.17) is 10.8 Å². The van der Waals surface area contributed by atoms with Gasteiger partial charge in [0.05, 0.1) is 5.56 Å². The zero-order valence-electron chi connectivity index (χ0n) is 12.6. The summed E-state index contributed by atoms with van der Waals surface area (Å²) in [4.78, 5) is 4.46. The molecule has 24 heavy (non-hydrogen) atoms. The molecule has 0 bridgehead atoms. The van der Waals surface area contributed by atoms with Crippen molar-refractivity contribution in [1.82, 2.24) is 4.98 Å². The summed E-state index contributed by atoms with van der Waals surface area (Å²) in [5, 5.41) is 15.9. The van der Waals surface area contributed by atoms with Crippen LogP contribution in [0.1, 0.15) is 5.56 Å². The number of hydrogen-bond donors (Lipinski definition) is 1. The SMILES string of the molecule is C#Cc1c(-c2cc3ccccc3cn2)oc2ccccc2c1=NO. The van der Waals surface area contributed by atoms with Gasteiger partial charge in [-0.1, -0.05) is 47.5 Å². The molecule has 0 fully saturated rings. The minimum absolute atomic E-state index is 0.310. The third kappa shape index (κ3) is 2.11. The lowest BCUT2D eigenvalue weighted by atomic mass is 10.1. The highest BCUT2D eigenvalue weighted by Gasteiger charge is 2.15. The van der Waals surface area contributed by atoms with Crippen LogP contribution in [0.2, 0.25) is 0 Å². The van der Waals surface area contributed by atoms with Gasteiger partial charge in [-0.25, -0.2) is 0 Å². The highest BCUT2D eigenvalue weighted by molar-refractivity contribution is 5.86. The zero-order valence-corrected chi connectivity index (χ0v) is 12.6. The van der Waals surface area contributed by atoms with Crippen molar-refractivity contribution in [1.29, 1.82) is 0 Å². The molecular weight excluding hydrogens is 300 g/mol. The average Bonchev–Trinajstić information content (AvgIpc) is 2.65. The summed E-state index contributed by atoms with van der Waals surface area (Å²) in [7, 11) is 0. The molecule has 0 aliphatic carbocycles. The monoisotopic (exact) mass is 312 g/mol. The molecule has 0 atom stereocenters. The van der Waals surface area contributed by atoms with Gasteiger partial charge in [-0.05, 0) is 23.6 Å². The molecule has 0 saturated carbocycles. The molecule has 0 amide bonds. The van der Waals surface area contributed by atoms with Gasteiger partial charge in [-0.15, -0.1) is 6.42 Å². The first-order chi connectivity index (χ1) is 11.8. The topological polar surface area (TPSA) is 58.6 Å².